The Morgan fingerprint density at radius 1 is 1.50 bits per heavy atom. The van der Waals surface area contributed by atoms with Crippen LogP contribution in [0, 0.1) is 6.92 Å². The third-order valence-electron chi connectivity index (χ3n) is 3.14. The molecule has 1 heterocycles. The molecule has 2 aromatic rings. The molecule has 1 aromatic carbocycles. The summed E-state index contributed by atoms with van der Waals surface area (Å²) < 4.78 is 36.5. The summed E-state index contributed by atoms with van der Waals surface area (Å²) in [6.07, 6.45) is 1.06. The summed E-state index contributed by atoms with van der Waals surface area (Å²) >= 11 is 0. The molecule has 0 saturated carbocycles. The van der Waals surface area contributed by atoms with Crippen LogP contribution in [-0.2, 0) is 17.4 Å². The summed E-state index contributed by atoms with van der Waals surface area (Å²) in [6.45, 7) is 1.62. The molecule has 0 radical (unpaired) electrons. The largest absolute Gasteiger partial charge is 0.446 e. The van der Waals surface area contributed by atoms with Crippen LogP contribution in [0.2, 0.25) is 0 Å². The van der Waals surface area contributed by atoms with Gasteiger partial charge in [0.1, 0.15) is 17.8 Å². The summed E-state index contributed by atoms with van der Waals surface area (Å²) in [7, 11) is -2.94. The lowest BCUT2D eigenvalue weighted by Crippen LogP contribution is -2.24. The van der Waals surface area contributed by atoms with Crippen LogP contribution >= 0.6 is 0 Å². The number of fused-ring (bicyclic) bond motifs is 1. The second-order valence-electron chi connectivity index (χ2n) is 4.47. The minimum Gasteiger partial charge on any atom is -0.361 e. The van der Waals surface area contributed by atoms with Gasteiger partial charge in [-0.1, -0.05) is 0 Å². The van der Waals surface area contributed by atoms with Gasteiger partial charge in [-0.15, -0.1) is 0 Å². The van der Waals surface area contributed by atoms with Crippen molar-refractivity contribution in [2.75, 3.05) is 0 Å². The molecule has 4 N–H and O–H groups in total. The van der Waals surface area contributed by atoms with Gasteiger partial charge in [0.05, 0.1) is 0 Å². The lowest BCUT2D eigenvalue weighted by atomic mass is 10.1. The summed E-state index contributed by atoms with van der Waals surface area (Å²) in [4.78, 5) is 12.0. The van der Waals surface area contributed by atoms with Crippen molar-refractivity contribution in [2.24, 2.45) is 18.0 Å². The Morgan fingerprint density at radius 2 is 2.18 bits per heavy atom. The number of rotatable bonds is 4. The molecule has 10 heteroatoms. The fourth-order valence-corrected chi connectivity index (χ4v) is 2.53. The van der Waals surface area contributed by atoms with Crippen molar-refractivity contribution in [3.05, 3.63) is 29.5 Å². The predicted octanol–water partition coefficient (Wildman–Crippen LogP) is 0.300. The van der Waals surface area contributed by atoms with Crippen molar-refractivity contribution in [3.8, 4) is 5.75 Å². The Morgan fingerprint density at radius 3 is 2.77 bits per heavy atom. The second kappa shape index (κ2) is 5.66. The summed E-state index contributed by atoms with van der Waals surface area (Å²) in [5, 5.41) is 6.16. The number of hydrazone groups is 1. The van der Waals surface area contributed by atoms with E-state index in [1.54, 1.807) is 30.7 Å². The molecule has 2 rings (SSSR count). The maximum Gasteiger partial charge on any atom is 0.446 e. The van der Waals surface area contributed by atoms with E-state index in [0.717, 1.165) is 6.34 Å². The molecular weight excluding hydrogens is 312 g/mol. The normalized spacial score (nSPS) is 12.0. The van der Waals surface area contributed by atoms with E-state index in [2.05, 4.69) is 14.6 Å². The zero-order valence-corrected chi connectivity index (χ0v) is 12.6. The molecule has 0 aliphatic carbocycles. The Balaban J connectivity index is 2.55. The molecule has 0 spiro atoms. The minimum atomic E-state index is -4.62. The first-order chi connectivity index (χ1) is 10.2. The number of hydrogen-bond acceptors (Lipinski definition) is 6. The third kappa shape index (κ3) is 3.02. The fourth-order valence-electron chi connectivity index (χ4n) is 2.12. The van der Waals surface area contributed by atoms with Crippen LogP contribution in [0.1, 0.15) is 16.1 Å². The van der Waals surface area contributed by atoms with Crippen molar-refractivity contribution in [3.63, 3.8) is 0 Å². The van der Waals surface area contributed by atoms with E-state index < -0.39 is 16.3 Å². The van der Waals surface area contributed by atoms with E-state index >= 15 is 0 Å². The van der Waals surface area contributed by atoms with E-state index in [1.165, 1.54) is 6.07 Å². The van der Waals surface area contributed by atoms with Gasteiger partial charge in [-0.3, -0.25) is 9.35 Å². The number of benzene rings is 1. The third-order valence-corrected chi connectivity index (χ3v) is 3.53. The van der Waals surface area contributed by atoms with E-state index in [-0.39, 0.29) is 5.75 Å². The highest BCUT2D eigenvalue weighted by Crippen LogP contribution is 2.30. The van der Waals surface area contributed by atoms with Gasteiger partial charge in [-0.05, 0) is 25.1 Å². The van der Waals surface area contributed by atoms with Crippen LogP contribution < -0.4 is 15.3 Å². The molecule has 0 saturated heterocycles. The Bertz CT molecular complexity index is 869. The molecule has 0 aliphatic rings. The standard InChI is InChI=1S/C12H14N4O5S/c1-7-8-5-10(12(17)14-6-15-13)16(2)9(8)3-4-11(7)21-22(18,19)20/h3-6H,13H2,1-2H3,(H,14,15,17)(H,18,19,20). The van der Waals surface area contributed by atoms with Gasteiger partial charge in [0.2, 0.25) is 0 Å². The zero-order valence-electron chi connectivity index (χ0n) is 11.8. The summed E-state index contributed by atoms with van der Waals surface area (Å²) in [5.74, 6) is 4.48. The molecule has 0 bridgehead atoms. The smallest absolute Gasteiger partial charge is 0.361 e. The van der Waals surface area contributed by atoms with Crippen molar-refractivity contribution in [1.82, 2.24) is 9.88 Å². The van der Waals surface area contributed by atoms with E-state index in [4.69, 9.17) is 10.4 Å². The Hall–Kier alpha value is -2.59. The highest BCUT2D eigenvalue weighted by molar-refractivity contribution is 7.81. The number of nitrogens with two attached hydrogens (primary N) is 1. The molecule has 22 heavy (non-hydrogen) atoms. The van der Waals surface area contributed by atoms with E-state index in [9.17, 15) is 13.2 Å². The average molecular weight is 326 g/mol. The van der Waals surface area contributed by atoms with E-state index in [1.807, 2.05) is 0 Å². The van der Waals surface area contributed by atoms with Gasteiger partial charge in [0, 0.05) is 23.5 Å². The maximum absolute atomic E-state index is 12.0. The number of hydrogen-bond donors (Lipinski definition) is 3. The lowest BCUT2D eigenvalue weighted by Gasteiger charge is -2.07. The molecule has 0 unspecified atom stereocenters. The summed E-state index contributed by atoms with van der Waals surface area (Å²) in [6, 6.07) is 4.55. The number of aryl methyl sites for hydroxylation is 2. The van der Waals surface area contributed by atoms with Gasteiger partial charge in [0.15, 0.2) is 0 Å². The average Bonchev–Trinajstić information content (AvgIpc) is 2.76. The van der Waals surface area contributed by atoms with Crippen LogP contribution in [0.25, 0.3) is 10.9 Å². The molecule has 1 aromatic heterocycles. The molecular formula is C12H14N4O5S. The van der Waals surface area contributed by atoms with Crippen LogP contribution in [0.4, 0.5) is 0 Å². The Labute approximate surface area is 126 Å². The molecule has 1 amide bonds. The first-order valence-corrected chi connectivity index (χ1v) is 7.39. The van der Waals surface area contributed by atoms with Crippen LogP contribution in [-0.4, -0.2) is 29.8 Å². The van der Waals surface area contributed by atoms with Crippen molar-refractivity contribution >= 4 is 33.5 Å². The topological polar surface area (TPSA) is 136 Å². The molecule has 0 atom stereocenters. The van der Waals surface area contributed by atoms with Crippen LogP contribution in [0.3, 0.4) is 0 Å². The predicted molar refractivity (Wildman–Crippen MR) is 80.0 cm³/mol. The SMILES string of the molecule is Cc1c(OS(=O)(=O)O)ccc2c1cc(C(=O)NC=NN)n2C. The van der Waals surface area contributed by atoms with Gasteiger partial charge in [0.25, 0.3) is 5.91 Å². The first-order valence-electron chi connectivity index (χ1n) is 6.03. The highest BCUT2D eigenvalue weighted by Gasteiger charge is 2.17. The highest BCUT2D eigenvalue weighted by atomic mass is 32.3. The summed E-state index contributed by atoms with van der Waals surface area (Å²) in [5.41, 5.74) is 1.48. The molecule has 0 aliphatic heterocycles. The number of amides is 1. The quantitative estimate of drug-likeness (QED) is 0.243. The monoisotopic (exact) mass is 326 g/mol. The number of carbonyl (C=O) groups excluding carboxylic acids is 1. The maximum atomic E-state index is 12.0. The number of nitrogens with zero attached hydrogens (tertiary/aromatic N) is 2. The lowest BCUT2D eigenvalue weighted by molar-refractivity contribution is 0.0971. The Kier molecular flexibility index (Phi) is 4.06. The molecule has 9 nitrogen and oxygen atoms in total. The van der Waals surface area contributed by atoms with Crippen LogP contribution in [0.15, 0.2) is 23.3 Å². The number of carbonyl (C=O) groups is 1. The van der Waals surface area contributed by atoms with Crippen molar-refractivity contribution < 1.29 is 21.9 Å². The fraction of sp³-hybridized carbons (Fsp3) is 0.167. The second-order valence-corrected chi connectivity index (χ2v) is 5.49. The molecule has 0 fully saturated rings. The van der Waals surface area contributed by atoms with Crippen molar-refractivity contribution in [1.29, 1.82) is 0 Å². The number of nitrogens with one attached hydrogen (secondary N) is 1. The zero-order chi connectivity index (χ0) is 16.5. The van der Waals surface area contributed by atoms with Gasteiger partial charge in [-0.2, -0.15) is 13.5 Å². The minimum absolute atomic E-state index is 0.0175. The van der Waals surface area contributed by atoms with Crippen molar-refractivity contribution in [2.45, 2.75) is 6.92 Å². The van der Waals surface area contributed by atoms with Gasteiger partial charge >= 0.3 is 10.4 Å². The molecule has 118 valence electrons. The van der Waals surface area contributed by atoms with Crippen LogP contribution in [0.5, 0.6) is 5.75 Å². The van der Waals surface area contributed by atoms with E-state index in [0.29, 0.717) is 22.2 Å². The van der Waals surface area contributed by atoms with Gasteiger partial charge < -0.3 is 19.9 Å². The van der Waals surface area contributed by atoms with Gasteiger partial charge in [-0.25, -0.2) is 0 Å². The first kappa shape index (κ1) is 15.8. The number of aromatic nitrogens is 1.